The molecule has 9 nitrogen and oxygen atoms in total. The van der Waals surface area contributed by atoms with Crippen molar-refractivity contribution >= 4 is 35.3 Å². The Bertz CT molecular complexity index is 172. The smallest absolute Gasteiger partial charge is 0.719 e. The minimum atomic E-state index is -0.801. The summed E-state index contributed by atoms with van der Waals surface area (Å²) in [5.74, 6) is -2.40. The zero-order valence-electron chi connectivity index (χ0n) is 8.75. The maximum absolute atomic E-state index is 9.28. The zero-order chi connectivity index (χ0) is 12.9. The number of carbonyl (C=O) groups excluding carboxylic acids is 3. The van der Waals surface area contributed by atoms with E-state index < -0.39 is 17.9 Å². The average Bonchev–Trinajstić information content (AvgIpc) is 2.19. The van der Waals surface area contributed by atoms with Crippen molar-refractivity contribution in [2.24, 2.45) is 0 Å². The fraction of sp³-hybridized carbons (Fsp3) is 0.500. The van der Waals surface area contributed by atoms with Gasteiger partial charge in [-0.15, -0.1) is 0 Å². The van der Waals surface area contributed by atoms with Crippen molar-refractivity contribution < 1.29 is 44.8 Å². The van der Waals surface area contributed by atoms with E-state index in [2.05, 4.69) is 13.7 Å². The molecular formula is C6H9AlO9. The van der Waals surface area contributed by atoms with Gasteiger partial charge in [-0.3, -0.25) is 15.3 Å². The molecule has 0 aromatic carbocycles. The van der Waals surface area contributed by atoms with Crippen molar-refractivity contribution in [3.8, 4) is 0 Å². The summed E-state index contributed by atoms with van der Waals surface area (Å²) in [6, 6.07) is 0. The summed E-state index contributed by atoms with van der Waals surface area (Å²) in [4.78, 5) is 0. The normalized spacial score (nSPS) is 11.1. The quantitative estimate of drug-likeness (QED) is 0.179. The molecule has 0 aromatic heterocycles. The Morgan fingerprint density at radius 2 is 0.688 bits per heavy atom. The van der Waals surface area contributed by atoms with Gasteiger partial charge in [0.15, 0.2) is 0 Å². The molecule has 0 aromatic rings. The van der Waals surface area contributed by atoms with Crippen molar-refractivity contribution in [3.63, 3.8) is 0 Å². The first-order valence-corrected chi connectivity index (χ1v) is 3.22. The molecule has 0 fully saturated rings. The van der Waals surface area contributed by atoms with Crippen LogP contribution in [0.5, 0.6) is 0 Å². The first-order valence-electron chi connectivity index (χ1n) is 3.22. The van der Waals surface area contributed by atoms with Gasteiger partial charge in [-0.25, -0.2) is 0 Å². The van der Waals surface area contributed by atoms with Gasteiger partial charge in [-0.05, 0) is 0 Å². The fourth-order valence-corrected chi connectivity index (χ4v) is 0. The summed E-state index contributed by atoms with van der Waals surface area (Å²) in [5.41, 5.74) is 0. The second-order valence-electron chi connectivity index (χ2n) is 1.72. The van der Waals surface area contributed by atoms with Gasteiger partial charge in [-0.1, -0.05) is 0 Å². The van der Waals surface area contributed by atoms with Crippen LogP contribution in [-0.4, -0.2) is 35.3 Å². The van der Waals surface area contributed by atoms with Gasteiger partial charge >= 0.3 is 35.3 Å². The van der Waals surface area contributed by atoms with Crippen molar-refractivity contribution in [1.29, 1.82) is 0 Å². The van der Waals surface area contributed by atoms with E-state index in [9.17, 15) is 15.3 Å². The maximum atomic E-state index is 9.28. The predicted octanol–water partition coefficient (Wildman–Crippen LogP) is -7.68. The first kappa shape index (κ1) is 23.9. The summed E-state index contributed by atoms with van der Waals surface area (Å²) in [5, 5.41) is 54.2. The third kappa shape index (κ3) is 84.2. The standard InChI is InChI=1S/3C2H4O3.Al/c3*1-2(3)5-4;/h3*3H,1H3;/q;;;+3/p-3. The van der Waals surface area contributed by atoms with E-state index in [1.165, 1.54) is 0 Å². The van der Waals surface area contributed by atoms with Gasteiger partial charge in [0.25, 0.3) is 0 Å². The Kier molecular flexibility index (Phi) is 28.3. The molecule has 0 amide bonds. The summed E-state index contributed by atoms with van der Waals surface area (Å²) >= 11 is 0. The number of aliphatic carboxylic acids is 3. The number of rotatable bonds is 0. The van der Waals surface area contributed by atoms with Crippen LogP contribution in [0.25, 0.3) is 0 Å². The van der Waals surface area contributed by atoms with Gasteiger partial charge in [0.1, 0.15) is 0 Å². The van der Waals surface area contributed by atoms with Crippen LogP contribution in [0.3, 0.4) is 0 Å². The molecule has 0 saturated carbocycles. The topological polar surface area (TPSA) is 172 Å². The van der Waals surface area contributed by atoms with Crippen LogP contribution < -0.4 is 31.1 Å². The molecule has 16 heavy (non-hydrogen) atoms. The van der Waals surface area contributed by atoms with E-state index in [1.54, 1.807) is 0 Å². The van der Waals surface area contributed by atoms with E-state index in [-0.39, 0.29) is 17.4 Å². The van der Waals surface area contributed by atoms with E-state index in [0.717, 1.165) is 20.8 Å². The Hall–Kier alpha value is -1.66. The Morgan fingerprint density at radius 1 is 0.625 bits per heavy atom. The van der Waals surface area contributed by atoms with Crippen molar-refractivity contribution in [1.82, 2.24) is 0 Å². The predicted molar refractivity (Wildman–Crippen MR) is 37.8 cm³/mol. The van der Waals surface area contributed by atoms with Crippen LogP contribution in [0.15, 0.2) is 0 Å². The summed E-state index contributed by atoms with van der Waals surface area (Å²) in [7, 11) is 0. The maximum Gasteiger partial charge on any atom is 3.00 e. The van der Waals surface area contributed by atoms with E-state index in [0.29, 0.717) is 0 Å². The van der Waals surface area contributed by atoms with Gasteiger partial charge in [0.2, 0.25) is 0 Å². The summed E-state index contributed by atoms with van der Waals surface area (Å²) in [6.45, 7) is 3.15. The third-order valence-electron chi connectivity index (χ3n) is 0.352. The third-order valence-corrected chi connectivity index (χ3v) is 0.352. The first-order chi connectivity index (χ1) is 6.81. The van der Waals surface area contributed by atoms with Crippen LogP contribution in [0, 0.1) is 0 Å². The molecule has 0 aliphatic carbocycles. The molecule has 0 saturated heterocycles. The van der Waals surface area contributed by atoms with Crippen LogP contribution in [0.1, 0.15) is 20.8 Å². The van der Waals surface area contributed by atoms with Gasteiger partial charge < -0.3 is 29.5 Å². The van der Waals surface area contributed by atoms with E-state index >= 15 is 0 Å². The number of hydrogen-bond donors (Lipinski definition) is 0. The Labute approximate surface area is 101 Å². The molecule has 0 spiro atoms. The summed E-state index contributed by atoms with van der Waals surface area (Å²) < 4.78 is 8.58. The SMILES string of the molecule is CC([O-])=[O+][O-].CC([O-])=[O+][O-].CC([O-])=[O+][O-].[Al+3]. The Morgan fingerprint density at radius 3 is 0.688 bits per heavy atom. The molecular weight excluding hydrogens is 243 g/mol. The molecule has 90 valence electrons. The fourth-order valence-electron chi connectivity index (χ4n) is 0. The molecule has 0 radical (unpaired) electrons. The minimum Gasteiger partial charge on any atom is -0.719 e. The van der Waals surface area contributed by atoms with Crippen LogP contribution in [-0.2, 0) is 13.7 Å². The van der Waals surface area contributed by atoms with Crippen molar-refractivity contribution in [3.05, 3.63) is 0 Å². The molecule has 0 aliphatic rings. The van der Waals surface area contributed by atoms with Gasteiger partial charge in [0.05, 0.1) is 0 Å². The summed E-state index contributed by atoms with van der Waals surface area (Å²) in [6.07, 6.45) is 0. The molecule has 0 aliphatic heterocycles. The van der Waals surface area contributed by atoms with E-state index in [1.807, 2.05) is 0 Å². The molecule has 0 atom stereocenters. The number of carboxylic acids is 3. The zero-order valence-corrected chi connectivity index (χ0v) is 9.91. The second-order valence-corrected chi connectivity index (χ2v) is 1.72. The largest absolute Gasteiger partial charge is 3.00 e. The molecule has 10 heteroatoms. The molecule has 0 rings (SSSR count). The van der Waals surface area contributed by atoms with Gasteiger partial charge in [0, 0.05) is 20.8 Å². The second kappa shape index (κ2) is 19.0. The Balaban J connectivity index is -0.0000000655. The van der Waals surface area contributed by atoms with Crippen LogP contribution in [0.2, 0.25) is 0 Å². The van der Waals surface area contributed by atoms with Crippen LogP contribution in [0.4, 0.5) is 0 Å². The van der Waals surface area contributed by atoms with Crippen molar-refractivity contribution in [2.75, 3.05) is 0 Å². The molecule has 0 unspecified atom stereocenters. The molecule has 0 heterocycles. The number of hydrogen-bond acceptors (Lipinski definition) is 6. The van der Waals surface area contributed by atoms with Gasteiger partial charge in [-0.2, -0.15) is 0 Å². The van der Waals surface area contributed by atoms with Crippen LogP contribution >= 0.6 is 0 Å². The monoisotopic (exact) mass is 252 g/mol. The minimum absolute atomic E-state index is 0. The van der Waals surface area contributed by atoms with Crippen molar-refractivity contribution in [2.45, 2.75) is 20.8 Å². The molecule has 0 N–H and O–H groups in total. The van der Waals surface area contributed by atoms with E-state index in [4.69, 9.17) is 15.8 Å². The molecule has 0 bridgehead atoms. The number of carboxylic acid groups (broad SMARTS) is 3. The average molecular weight is 252 g/mol.